The molecule has 1 aliphatic heterocycles. The van der Waals surface area contributed by atoms with E-state index in [1.807, 2.05) is 55.5 Å². The lowest BCUT2D eigenvalue weighted by atomic mass is 9.68. The summed E-state index contributed by atoms with van der Waals surface area (Å²) in [6.45, 7) is 8.16. The van der Waals surface area contributed by atoms with Crippen LogP contribution in [0.5, 0.6) is 11.5 Å². The smallest absolute Gasteiger partial charge is 0.248 e. The van der Waals surface area contributed by atoms with Gasteiger partial charge in [0.2, 0.25) is 11.9 Å². The van der Waals surface area contributed by atoms with E-state index in [1.54, 1.807) is 26.6 Å². The highest BCUT2D eigenvalue weighted by Gasteiger charge is 2.44. The Bertz CT molecular complexity index is 1850. The molecule has 0 spiro atoms. The van der Waals surface area contributed by atoms with Gasteiger partial charge in [0, 0.05) is 48.7 Å². The molecule has 10 heteroatoms. The molecular formula is C43H51F3N4O3. The number of ether oxygens (including phenoxy) is 3. The summed E-state index contributed by atoms with van der Waals surface area (Å²) >= 11 is 0. The number of nitrogens with zero attached hydrogens (tertiary/aromatic N) is 4. The van der Waals surface area contributed by atoms with Crippen LogP contribution in [0.1, 0.15) is 128 Å². The molecule has 0 bridgehead atoms. The largest absolute Gasteiger partial charge is 0.497 e. The van der Waals surface area contributed by atoms with Crippen LogP contribution >= 0.6 is 0 Å². The Balaban J connectivity index is 1.34. The van der Waals surface area contributed by atoms with Gasteiger partial charge in [-0.2, -0.15) is 0 Å². The zero-order valence-corrected chi connectivity index (χ0v) is 31.5. The van der Waals surface area contributed by atoms with Gasteiger partial charge >= 0.3 is 0 Å². The van der Waals surface area contributed by atoms with Crippen LogP contribution < -0.4 is 14.4 Å². The highest BCUT2D eigenvalue weighted by atomic mass is 19.3. The number of methoxy groups -OCH3 is 2. The molecule has 0 radical (unpaired) electrons. The molecule has 7 rings (SSSR count). The molecule has 3 heterocycles. The van der Waals surface area contributed by atoms with Crippen molar-refractivity contribution in [1.29, 1.82) is 0 Å². The molecule has 53 heavy (non-hydrogen) atoms. The Labute approximate surface area is 311 Å². The van der Waals surface area contributed by atoms with E-state index in [-0.39, 0.29) is 36.2 Å². The average molecular weight is 729 g/mol. The molecular weight excluding hydrogens is 677 g/mol. The van der Waals surface area contributed by atoms with E-state index < -0.39 is 12.1 Å². The number of aromatic nitrogens is 3. The summed E-state index contributed by atoms with van der Waals surface area (Å²) in [7, 11) is 3.23. The zero-order chi connectivity index (χ0) is 37.3. The van der Waals surface area contributed by atoms with Gasteiger partial charge in [0.05, 0.1) is 45.0 Å². The summed E-state index contributed by atoms with van der Waals surface area (Å²) in [5.74, 6) is -0.984. The standard InChI is InChI=1S/C43H51F3N4O3/c1-27-6-10-30(11-7-27)39(44)38-36(29-14-18-43(45,46)19-15-29)37-34(22-42(2,3)23-35(37)53-26-28-8-12-32(51-4)13-9-28)49-40(38)31-16-20-50(21-17-31)41-47-24-33(52-5)25-48-41/h6-13,24-25,29,31,35,39H,14-23,26H2,1-5H3. The van der Waals surface area contributed by atoms with Crippen molar-refractivity contribution in [1.82, 2.24) is 15.0 Å². The van der Waals surface area contributed by atoms with Gasteiger partial charge < -0.3 is 19.1 Å². The molecule has 2 fully saturated rings. The molecule has 1 saturated heterocycles. The molecule has 282 valence electrons. The lowest BCUT2D eigenvalue weighted by Gasteiger charge is -2.42. The van der Waals surface area contributed by atoms with E-state index in [0.717, 1.165) is 52.2 Å². The van der Waals surface area contributed by atoms with Crippen molar-refractivity contribution < 1.29 is 27.4 Å². The second-order valence-electron chi connectivity index (χ2n) is 16.0. The summed E-state index contributed by atoms with van der Waals surface area (Å²) < 4.78 is 64.7. The van der Waals surface area contributed by atoms with E-state index in [9.17, 15) is 8.78 Å². The van der Waals surface area contributed by atoms with Crippen molar-refractivity contribution in [3.05, 3.63) is 106 Å². The van der Waals surface area contributed by atoms with Gasteiger partial charge in [0.15, 0.2) is 11.9 Å². The second-order valence-corrected chi connectivity index (χ2v) is 16.0. The third kappa shape index (κ3) is 8.17. The minimum atomic E-state index is -2.72. The summed E-state index contributed by atoms with van der Waals surface area (Å²) in [6, 6.07) is 15.4. The lowest BCUT2D eigenvalue weighted by molar-refractivity contribution is -0.0390. The summed E-state index contributed by atoms with van der Waals surface area (Å²) in [4.78, 5) is 16.7. The van der Waals surface area contributed by atoms with Crippen molar-refractivity contribution in [3.8, 4) is 11.5 Å². The molecule has 1 saturated carbocycles. The van der Waals surface area contributed by atoms with E-state index in [0.29, 0.717) is 68.2 Å². The predicted molar refractivity (Wildman–Crippen MR) is 200 cm³/mol. The lowest BCUT2D eigenvalue weighted by Crippen LogP contribution is -2.36. The number of anilines is 1. The van der Waals surface area contributed by atoms with Crippen molar-refractivity contribution in [2.24, 2.45) is 5.41 Å². The van der Waals surface area contributed by atoms with Gasteiger partial charge in [-0.3, -0.25) is 4.98 Å². The molecule has 2 aromatic heterocycles. The van der Waals surface area contributed by atoms with Gasteiger partial charge in [0.1, 0.15) is 5.75 Å². The topological polar surface area (TPSA) is 69.6 Å². The van der Waals surface area contributed by atoms with Gasteiger partial charge in [-0.25, -0.2) is 23.1 Å². The first-order valence-corrected chi connectivity index (χ1v) is 18.9. The number of fused-ring (bicyclic) bond motifs is 1. The minimum Gasteiger partial charge on any atom is -0.497 e. The van der Waals surface area contributed by atoms with Crippen LogP contribution in [0.15, 0.2) is 60.9 Å². The van der Waals surface area contributed by atoms with Crippen molar-refractivity contribution in [2.45, 2.75) is 109 Å². The van der Waals surface area contributed by atoms with Gasteiger partial charge in [-0.05, 0) is 85.6 Å². The first-order chi connectivity index (χ1) is 25.4. The monoisotopic (exact) mass is 728 g/mol. The maximum atomic E-state index is 17.7. The number of rotatable bonds is 10. The molecule has 2 atom stereocenters. The summed E-state index contributed by atoms with van der Waals surface area (Å²) in [6.07, 6.45) is 4.54. The number of benzene rings is 2. The third-order valence-corrected chi connectivity index (χ3v) is 11.5. The molecule has 7 nitrogen and oxygen atoms in total. The van der Waals surface area contributed by atoms with Crippen LogP contribution in [0.4, 0.5) is 19.1 Å². The zero-order valence-electron chi connectivity index (χ0n) is 31.5. The van der Waals surface area contributed by atoms with Crippen LogP contribution in [0.2, 0.25) is 0 Å². The predicted octanol–water partition coefficient (Wildman–Crippen LogP) is 10.2. The average Bonchev–Trinajstić information content (AvgIpc) is 3.16. The highest BCUT2D eigenvalue weighted by Crippen LogP contribution is 2.53. The number of hydrogen-bond donors (Lipinski definition) is 0. The molecule has 3 aliphatic rings. The first-order valence-electron chi connectivity index (χ1n) is 18.9. The normalized spacial score (nSPS) is 20.8. The van der Waals surface area contributed by atoms with E-state index in [4.69, 9.17) is 19.2 Å². The maximum Gasteiger partial charge on any atom is 0.248 e. The number of alkyl halides is 3. The minimum absolute atomic E-state index is 0.0269. The van der Waals surface area contributed by atoms with Crippen molar-refractivity contribution in [2.75, 3.05) is 32.2 Å². The Morgan fingerprint density at radius 1 is 0.830 bits per heavy atom. The third-order valence-electron chi connectivity index (χ3n) is 11.5. The Hall–Kier alpha value is -4.18. The number of hydrogen-bond acceptors (Lipinski definition) is 7. The Morgan fingerprint density at radius 3 is 2.09 bits per heavy atom. The summed E-state index contributed by atoms with van der Waals surface area (Å²) in [5.41, 5.74) is 6.50. The van der Waals surface area contributed by atoms with Crippen molar-refractivity contribution >= 4 is 5.95 Å². The number of aryl methyl sites for hydroxylation is 1. The molecule has 2 aromatic carbocycles. The van der Waals surface area contributed by atoms with Crippen LogP contribution in [0, 0.1) is 12.3 Å². The summed E-state index contributed by atoms with van der Waals surface area (Å²) in [5, 5.41) is 0. The molecule has 0 amide bonds. The fourth-order valence-electron chi connectivity index (χ4n) is 8.57. The molecule has 0 N–H and O–H groups in total. The van der Waals surface area contributed by atoms with Crippen LogP contribution in [0.3, 0.4) is 0 Å². The number of piperidine rings is 1. The highest BCUT2D eigenvalue weighted by molar-refractivity contribution is 5.51. The molecule has 2 unspecified atom stereocenters. The van der Waals surface area contributed by atoms with Crippen LogP contribution in [-0.2, 0) is 17.8 Å². The number of halogens is 3. The fraction of sp³-hybridized carbons (Fsp3) is 0.512. The SMILES string of the molecule is COc1ccc(COC2CC(C)(C)Cc3nc(C4CCN(c5ncc(OC)cn5)CC4)c(C(F)c4ccc(C)cc4)c(C4CCC(F)(F)CC4)c32)cc1. The van der Waals surface area contributed by atoms with E-state index >= 15 is 4.39 Å². The number of pyridine rings is 1. The van der Waals surface area contributed by atoms with Gasteiger partial charge in [-0.1, -0.05) is 55.8 Å². The Morgan fingerprint density at radius 2 is 1.47 bits per heavy atom. The van der Waals surface area contributed by atoms with Crippen LogP contribution in [-0.4, -0.2) is 48.2 Å². The maximum absolute atomic E-state index is 17.7. The van der Waals surface area contributed by atoms with Gasteiger partial charge in [-0.15, -0.1) is 0 Å². The molecule has 4 aromatic rings. The van der Waals surface area contributed by atoms with Crippen molar-refractivity contribution in [3.63, 3.8) is 0 Å². The fourth-order valence-corrected chi connectivity index (χ4v) is 8.57. The quantitative estimate of drug-likeness (QED) is 0.161. The van der Waals surface area contributed by atoms with E-state index in [2.05, 4.69) is 28.7 Å². The molecule has 2 aliphatic carbocycles. The second kappa shape index (κ2) is 15.3. The first kappa shape index (κ1) is 37.1. The Kier molecular flexibility index (Phi) is 10.7. The van der Waals surface area contributed by atoms with E-state index in [1.165, 1.54) is 0 Å². The van der Waals surface area contributed by atoms with Crippen LogP contribution in [0.25, 0.3) is 0 Å². The van der Waals surface area contributed by atoms with Gasteiger partial charge in [0.25, 0.3) is 0 Å².